The van der Waals surface area contributed by atoms with Crippen molar-refractivity contribution in [1.29, 1.82) is 0 Å². The first-order valence-electron chi connectivity index (χ1n) is 5.91. The maximum absolute atomic E-state index is 12.0. The summed E-state index contributed by atoms with van der Waals surface area (Å²) in [6, 6.07) is 8.01. The molecule has 0 aliphatic carbocycles. The second kappa shape index (κ2) is 5.80. The second-order valence-corrected chi connectivity index (χ2v) is 4.43. The molecule has 2 heteroatoms. The van der Waals surface area contributed by atoms with Crippen LogP contribution in [0.1, 0.15) is 43.1 Å². The topological polar surface area (TPSA) is 29.1 Å². The summed E-state index contributed by atoms with van der Waals surface area (Å²) in [5.41, 5.74) is 1.97. The van der Waals surface area contributed by atoms with Crippen molar-refractivity contribution < 1.29 is 4.79 Å². The fourth-order valence-corrected chi connectivity index (χ4v) is 1.59. The Bertz CT molecular complexity index is 342. The van der Waals surface area contributed by atoms with Gasteiger partial charge >= 0.3 is 0 Å². The molecule has 1 rings (SSSR count). The maximum Gasteiger partial charge on any atom is 0.179 e. The molecule has 2 nitrogen and oxygen atoms in total. The van der Waals surface area contributed by atoms with Crippen LogP contribution < -0.4 is 5.32 Å². The minimum Gasteiger partial charge on any atom is -0.305 e. The summed E-state index contributed by atoms with van der Waals surface area (Å²) in [4.78, 5) is 12.0. The molecule has 0 amide bonds. The van der Waals surface area contributed by atoms with Gasteiger partial charge in [-0.2, -0.15) is 0 Å². The molecule has 16 heavy (non-hydrogen) atoms. The summed E-state index contributed by atoms with van der Waals surface area (Å²) in [7, 11) is 0. The monoisotopic (exact) mass is 219 g/mol. The van der Waals surface area contributed by atoms with Crippen LogP contribution in [0.3, 0.4) is 0 Å². The average molecular weight is 219 g/mol. The van der Waals surface area contributed by atoms with Crippen LogP contribution in [0.15, 0.2) is 24.3 Å². The Kier molecular flexibility index (Phi) is 4.69. The quantitative estimate of drug-likeness (QED) is 0.771. The average Bonchev–Trinajstić information content (AvgIpc) is 2.28. The highest BCUT2D eigenvalue weighted by atomic mass is 16.1. The predicted molar refractivity (Wildman–Crippen MR) is 67.9 cm³/mol. The van der Waals surface area contributed by atoms with Gasteiger partial charge in [0.1, 0.15) is 0 Å². The molecule has 0 spiro atoms. The summed E-state index contributed by atoms with van der Waals surface area (Å²) in [5.74, 6) is 0.167. The zero-order valence-electron chi connectivity index (χ0n) is 10.6. The van der Waals surface area contributed by atoms with Crippen LogP contribution in [0.4, 0.5) is 0 Å². The highest BCUT2D eigenvalue weighted by molar-refractivity contribution is 5.99. The van der Waals surface area contributed by atoms with E-state index in [9.17, 15) is 4.79 Å². The van der Waals surface area contributed by atoms with E-state index in [-0.39, 0.29) is 11.8 Å². The Balaban J connectivity index is 2.67. The number of hydrogen-bond donors (Lipinski definition) is 1. The highest BCUT2D eigenvalue weighted by Crippen LogP contribution is 2.07. The van der Waals surface area contributed by atoms with Gasteiger partial charge in [-0.3, -0.25) is 4.79 Å². The summed E-state index contributed by atoms with van der Waals surface area (Å²) < 4.78 is 0. The molecule has 2 unspecified atom stereocenters. The molecule has 1 aromatic carbocycles. The number of Topliss-reactive ketones (excluding diaryl/α,β-unsaturated/α-hetero) is 1. The molecule has 0 fully saturated rings. The molecule has 0 heterocycles. The lowest BCUT2D eigenvalue weighted by molar-refractivity contribution is 0.0945. The Labute approximate surface area is 98.1 Å². The molecular formula is C14H21NO. The summed E-state index contributed by atoms with van der Waals surface area (Å²) >= 11 is 0. The van der Waals surface area contributed by atoms with E-state index in [0.717, 1.165) is 12.0 Å². The van der Waals surface area contributed by atoms with Gasteiger partial charge in [-0.25, -0.2) is 0 Å². The molecule has 0 aromatic heterocycles. The molecule has 88 valence electrons. The van der Waals surface area contributed by atoms with Gasteiger partial charge in [-0.15, -0.1) is 0 Å². The number of aryl methyl sites for hydroxylation is 1. The highest BCUT2D eigenvalue weighted by Gasteiger charge is 2.15. The summed E-state index contributed by atoms with van der Waals surface area (Å²) in [6.45, 7) is 8.16. The molecule has 0 radical (unpaired) electrons. The van der Waals surface area contributed by atoms with E-state index >= 15 is 0 Å². The van der Waals surface area contributed by atoms with Crippen LogP contribution in [0, 0.1) is 6.92 Å². The number of carbonyl (C=O) groups excluding carboxylic acids is 1. The van der Waals surface area contributed by atoms with Gasteiger partial charge in [0.2, 0.25) is 0 Å². The largest absolute Gasteiger partial charge is 0.305 e. The van der Waals surface area contributed by atoms with Crippen molar-refractivity contribution >= 4 is 5.78 Å². The van der Waals surface area contributed by atoms with Crippen molar-refractivity contribution in [1.82, 2.24) is 5.32 Å². The smallest absolute Gasteiger partial charge is 0.179 e. The number of ketones is 1. The van der Waals surface area contributed by atoms with E-state index in [1.54, 1.807) is 0 Å². The Morgan fingerprint density at radius 3 is 2.31 bits per heavy atom. The first-order valence-corrected chi connectivity index (χ1v) is 5.91. The van der Waals surface area contributed by atoms with E-state index in [1.165, 1.54) is 5.56 Å². The van der Waals surface area contributed by atoms with E-state index in [2.05, 4.69) is 19.2 Å². The lowest BCUT2D eigenvalue weighted by atomic mass is 10.0. The minimum atomic E-state index is -0.113. The van der Waals surface area contributed by atoms with E-state index < -0.39 is 0 Å². The SMILES string of the molecule is CCC(C)NC(C)C(=O)c1ccc(C)cc1. The number of hydrogen-bond acceptors (Lipinski definition) is 2. The van der Waals surface area contributed by atoms with Crippen molar-refractivity contribution in [3.8, 4) is 0 Å². The summed E-state index contributed by atoms with van der Waals surface area (Å²) in [6.07, 6.45) is 1.03. The number of carbonyl (C=O) groups is 1. The van der Waals surface area contributed by atoms with Crippen molar-refractivity contribution in [2.75, 3.05) is 0 Å². The molecular weight excluding hydrogens is 198 g/mol. The van der Waals surface area contributed by atoms with Crippen molar-refractivity contribution in [2.45, 2.75) is 46.2 Å². The molecule has 0 aliphatic rings. The Morgan fingerprint density at radius 1 is 1.25 bits per heavy atom. The van der Waals surface area contributed by atoms with Gasteiger partial charge < -0.3 is 5.32 Å². The zero-order valence-corrected chi connectivity index (χ0v) is 10.6. The Hall–Kier alpha value is -1.15. The number of rotatable bonds is 5. The van der Waals surface area contributed by atoms with Crippen LogP contribution in [0.5, 0.6) is 0 Å². The molecule has 1 N–H and O–H groups in total. The van der Waals surface area contributed by atoms with Crippen molar-refractivity contribution in [2.24, 2.45) is 0 Å². The number of nitrogens with one attached hydrogen (secondary N) is 1. The first-order chi connectivity index (χ1) is 7.54. The minimum absolute atomic E-state index is 0.113. The number of benzene rings is 1. The van der Waals surface area contributed by atoms with Crippen LogP contribution in [0.2, 0.25) is 0 Å². The third kappa shape index (κ3) is 3.46. The second-order valence-electron chi connectivity index (χ2n) is 4.43. The standard InChI is InChI=1S/C14H21NO/c1-5-11(3)15-12(4)14(16)13-8-6-10(2)7-9-13/h6-9,11-12,15H,5H2,1-4H3. The molecule has 0 aliphatic heterocycles. The molecule has 0 bridgehead atoms. The molecule has 1 aromatic rings. The summed E-state index contributed by atoms with van der Waals surface area (Å²) in [5, 5.41) is 3.29. The fourth-order valence-electron chi connectivity index (χ4n) is 1.59. The van der Waals surface area contributed by atoms with Crippen LogP contribution in [-0.4, -0.2) is 17.9 Å². The van der Waals surface area contributed by atoms with Gasteiger partial charge in [-0.05, 0) is 27.2 Å². The van der Waals surface area contributed by atoms with Gasteiger partial charge in [0.05, 0.1) is 6.04 Å². The van der Waals surface area contributed by atoms with E-state index in [0.29, 0.717) is 6.04 Å². The normalized spacial score (nSPS) is 14.5. The molecule has 2 atom stereocenters. The van der Waals surface area contributed by atoms with Crippen LogP contribution in [-0.2, 0) is 0 Å². The predicted octanol–water partition coefficient (Wildman–Crippen LogP) is 2.95. The Morgan fingerprint density at radius 2 is 1.81 bits per heavy atom. The van der Waals surface area contributed by atoms with Gasteiger partial charge in [0.15, 0.2) is 5.78 Å². The van der Waals surface area contributed by atoms with Gasteiger partial charge in [-0.1, -0.05) is 36.8 Å². The van der Waals surface area contributed by atoms with Gasteiger partial charge in [0, 0.05) is 11.6 Å². The molecule has 0 saturated heterocycles. The van der Waals surface area contributed by atoms with Crippen LogP contribution >= 0.6 is 0 Å². The van der Waals surface area contributed by atoms with Crippen LogP contribution in [0.25, 0.3) is 0 Å². The zero-order chi connectivity index (χ0) is 12.1. The van der Waals surface area contributed by atoms with E-state index in [1.807, 2.05) is 38.1 Å². The van der Waals surface area contributed by atoms with Crippen molar-refractivity contribution in [3.05, 3.63) is 35.4 Å². The van der Waals surface area contributed by atoms with Crippen molar-refractivity contribution in [3.63, 3.8) is 0 Å². The van der Waals surface area contributed by atoms with E-state index in [4.69, 9.17) is 0 Å². The first kappa shape index (κ1) is 12.9. The third-order valence-electron chi connectivity index (χ3n) is 2.88. The lowest BCUT2D eigenvalue weighted by Gasteiger charge is -2.17. The maximum atomic E-state index is 12.0. The van der Waals surface area contributed by atoms with Gasteiger partial charge in [0.25, 0.3) is 0 Å². The fraction of sp³-hybridized carbons (Fsp3) is 0.500. The molecule has 0 saturated carbocycles. The third-order valence-corrected chi connectivity index (χ3v) is 2.88. The lowest BCUT2D eigenvalue weighted by Crippen LogP contribution is -2.39.